The Kier molecular flexibility index (Phi) is 6.59. The molecule has 1 fully saturated rings. The molecule has 1 aliphatic rings. The largest absolute Gasteiger partial charge is 0.388 e. The molecule has 0 radical (unpaired) electrons. The number of amides is 1. The number of halogens is 1. The first-order valence-electron chi connectivity index (χ1n) is 10.3. The van der Waals surface area contributed by atoms with E-state index >= 15 is 0 Å². The van der Waals surface area contributed by atoms with Gasteiger partial charge in [-0.05, 0) is 29.8 Å². The van der Waals surface area contributed by atoms with Crippen LogP contribution in [0.25, 0.3) is 10.9 Å². The number of Topliss-reactive ketones (excluding diaryl/α,β-unsaturated/α-hetero) is 1. The first-order chi connectivity index (χ1) is 15.3. The van der Waals surface area contributed by atoms with Gasteiger partial charge in [0.25, 0.3) is 5.91 Å². The van der Waals surface area contributed by atoms with Gasteiger partial charge in [0.15, 0.2) is 5.78 Å². The smallest absolute Gasteiger partial charge is 0.267 e. The Labute approximate surface area is 189 Å². The molecule has 4 unspecified atom stereocenters. The molecular formula is C23H24ClN3O5. The molecule has 4 rings (SSSR count). The van der Waals surface area contributed by atoms with Crippen LogP contribution in [0.3, 0.4) is 0 Å². The highest BCUT2D eigenvalue weighted by Gasteiger charge is 2.49. The van der Waals surface area contributed by atoms with E-state index in [4.69, 9.17) is 11.6 Å². The first kappa shape index (κ1) is 22.4. The van der Waals surface area contributed by atoms with Crippen molar-refractivity contribution in [1.82, 2.24) is 15.2 Å². The van der Waals surface area contributed by atoms with Gasteiger partial charge in [-0.1, -0.05) is 41.9 Å². The number of ketones is 1. The Morgan fingerprint density at radius 2 is 1.78 bits per heavy atom. The maximum Gasteiger partial charge on any atom is 0.267 e. The Morgan fingerprint density at radius 3 is 2.53 bits per heavy atom. The highest BCUT2D eigenvalue weighted by atomic mass is 35.5. The van der Waals surface area contributed by atoms with Gasteiger partial charge in [0, 0.05) is 35.4 Å². The molecule has 168 valence electrons. The monoisotopic (exact) mass is 457 g/mol. The van der Waals surface area contributed by atoms with Crippen LogP contribution in [0.5, 0.6) is 0 Å². The van der Waals surface area contributed by atoms with Crippen molar-refractivity contribution in [2.24, 2.45) is 0 Å². The van der Waals surface area contributed by atoms with Crippen molar-refractivity contribution in [3.8, 4) is 0 Å². The van der Waals surface area contributed by atoms with Gasteiger partial charge < -0.3 is 25.6 Å². The molecule has 1 aromatic heterocycles. The Balaban J connectivity index is 1.38. The van der Waals surface area contributed by atoms with E-state index in [1.165, 1.54) is 4.90 Å². The predicted octanol–water partition coefficient (Wildman–Crippen LogP) is 1.43. The minimum atomic E-state index is -1.46. The highest BCUT2D eigenvalue weighted by molar-refractivity contribution is 6.31. The lowest BCUT2D eigenvalue weighted by Gasteiger charge is -2.27. The van der Waals surface area contributed by atoms with Crippen LogP contribution in [-0.4, -0.2) is 67.9 Å². The van der Waals surface area contributed by atoms with E-state index in [-0.39, 0.29) is 31.2 Å². The van der Waals surface area contributed by atoms with Crippen molar-refractivity contribution in [3.05, 3.63) is 70.9 Å². The number of H-pyrrole nitrogens is 1. The number of carbonyl (C=O) groups is 2. The molecule has 5 N–H and O–H groups in total. The van der Waals surface area contributed by atoms with Crippen LogP contribution in [0.2, 0.25) is 5.02 Å². The molecule has 0 bridgehead atoms. The van der Waals surface area contributed by atoms with E-state index in [9.17, 15) is 24.9 Å². The fourth-order valence-corrected chi connectivity index (χ4v) is 4.23. The van der Waals surface area contributed by atoms with E-state index in [0.717, 1.165) is 16.5 Å². The summed E-state index contributed by atoms with van der Waals surface area (Å²) in [6, 6.07) is 15.0. The van der Waals surface area contributed by atoms with Crippen LogP contribution in [0.4, 0.5) is 0 Å². The third-order valence-electron chi connectivity index (χ3n) is 5.70. The summed E-state index contributed by atoms with van der Waals surface area (Å²) in [5.74, 6) is -0.758. The molecule has 1 aliphatic heterocycles. The number of fused-ring (bicyclic) bond motifs is 1. The number of carbonyl (C=O) groups excluding carboxylic acids is 2. The minimum Gasteiger partial charge on any atom is -0.388 e. The van der Waals surface area contributed by atoms with Gasteiger partial charge in [-0.15, -0.1) is 0 Å². The van der Waals surface area contributed by atoms with Crippen LogP contribution in [0.15, 0.2) is 54.6 Å². The quantitative estimate of drug-likeness (QED) is 0.365. The Hall–Kier alpha value is -2.75. The van der Waals surface area contributed by atoms with E-state index in [1.807, 2.05) is 30.3 Å². The number of nitrogens with zero attached hydrogens (tertiary/aromatic N) is 1. The molecule has 0 saturated carbocycles. The predicted molar refractivity (Wildman–Crippen MR) is 119 cm³/mol. The van der Waals surface area contributed by atoms with Crippen molar-refractivity contribution in [2.75, 3.05) is 6.54 Å². The second-order valence-corrected chi connectivity index (χ2v) is 8.32. The van der Waals surface area contributed by atoms with Gasteiger partial charge >= 0.3 is 0 Å². The number of rotatable bonds is 7. The second kappa shape index (κ2) is 9.40. The van der Waals surface area contributed by atoms with Crippen molar-refractivity contribution in [2.45, 2.75) is 37.4 Å². The zero-order valence-corrected chi connectivity index (χ0v) is 17.9. The summed E-state index contributed by atoms with van der Waals surface area (Å²) in [6.07, 6.45) is -4.31. The van der Waals surface area contributed by atoms with Gasteiger partial charge in [0.05, 0.1) is 0 Å². The molecule has 2 heterocycles. The third-order valence-corrected chi connectivity index (χ3v) is 5.93. The minimum absolute atomic E-state index is 0.0440. The van der Waals surface area contributed by atoms with Crippen LogP contribution >= 0.6 is 11.6 Å². The first-order valence-corrected chi connectivity index (χ1v) is 10.7. The van der Waals surface area contributed by atoms with Gasteiger partial charge in [0.2, 0.25) is 0 Å². The van der Waals surface area contributed by atoms with Crippen LogP contribution in [0, 0.1) is 0 Å². The Bertz CT molecular complexity index is 1120. The number of nitrogens with one attached hydrogen (secondary N) is 2. The Morgan fingerprint density at radius 1 is 1.03 bits per heavy atom. The summed E-state index contributed by atoms with van der Waals surface area (Å²) < 4.78 is 0. The fraction of sp³-hybridized carbons (Fsp3) is 0.304. The lowest BCUT2D eigenvalue weighted by molar-refractivity contribution is -0.128. The number of benzene rings is 2. The SMILES string of the molecule is O=C(NCCC(=O)C1C(O)C(O)C(O)N1Cc1ccccc1)c1cc2cc(Cl)ccc2[nH]1. The van der Waals surface area contributed by atoms with E-state index in [1.54, 1.807) is 24.3 Å². The van der Waals surface area contributed by atoms with E-state index < -0.39 is 24.5 Å². The maximum atomic E-state index is 12.8. The normalized spacial score (nSPS) is 23.5. The van der Waals surface area contributed by atoms with Gasteiger partial charge in [-0.2, -0.15) is 0 Å². The van der Waals surface area contributed by atoms with Crippen molar-refractivity contribution >= 4 is 34.2 Å². The van der Waals surface area contributed by atoms with Gasteiger partial charge in [0.1, 0.15) is 30.2 Å². The number of aliphatic hydroxyl groups is 3. The van der Waals surface area contributed by atoms with Gasteiger partial charge in [-0.3, -0.25) is 14.5 Å². The van der Waals surface area contributed by atoms with Crippen LogP contribution in [0.1, 0.15) is 22.5 Å². The summed E-state index contributed by atoms with van der Waals surface area (Å²) >= 11 is 5.97. The van der Waals surface area contributed by atoms with Crippen molar-refractivity contribution < 1.29 is 24.9 Å². The average molecular weight is 458 g/mol. The number of aliphatic hydroxyl groups excluding tert-OH is 3. The number of hydrogen-bond acceptors (Lipinski definition) is 6. The number of aromatic amines is 1. The van der Waals surface area contributed by atoms with Crippen molar-refractivity contribution in [3.63, 3.8) is 0 Å². The standard InChI is InChI=1S/C23H24ClN3O5/c24-15-6-7-16-14(10-15)11-17(26-16)22(31)25-9-8-18(28)19-20(29)21(30)23(32)27(19)12-13-4-2-1-3-5-13/h1-7,10-11,19-21,23,26,29-30,32H,8-9,12H2,(H,25,31). The number of aromatic nitrogens is 1. The molecule has 9 heteroatoms. The zero-order chi connectivity index (χ0) is 22.8. The molecular weight excluding hydrogens is 434 g/mol. The topological polar surface area (TPSA) is 126 Å². The summed E-state index contributed by atoms with van der Waals surface area (Å²) in [5.41, 5.74) is 1.94. The fourth-order valence-electron chi connectivity index (χ4n) is 4.05. The summed E-state index contributed by atoms with van der Waals surface area (Å²) in [7, 11) is 0. The summed E-state index contributed by atoms with van der Waals surface area (Å²) in [6.45, 7) is 0.235. The van der Waals surface area contributed by atoms with Crippen LogP contribution < -0.4 is 5.32 Å². The molecule has 2 aromatic carbocycles. The number of hydrogen-bond donors (Lipinski definition) is 5. The maximum absolute atomic E-state index is 12.8. The molecule has 32 heavy (non-hydrogen) atoms. The average Bonchev–Trinajstić information content (AvgIpc) is 3.29. The molecule has 0 aliphatic carbocycles. The van der Waals surface area contributed by atoms with E-state index in [2.05, 4.69) is 10.3 Å². The lowest BCUT2D eigenvalue weighted by atomic mass is 10.0. The molecule has 1 saturated heterocycles. The third kappa shape index (κ3) is 4.55. The zero-order valence-electron chi connectivity index (χ0n) is 17.1. The van der Waals surface area contributed by atoms with E-state index in [0.29, 0.717) is 10.7 Å². The molecule has 4 atom stereocenters. The molecule has 3 aromatic rings. The molecule has 8 nitrogen and oxygen atoms in total. The van der Waals surface area contributed by atoms with Crippen molar-refractivity contribution in [1.29, 1.82) is 0 Å². The molecule has 0 spiro atoms. The highest BCUT2D eigenvalue weighted by Crippen LogP contribution is 2.27. The summed E-state index contributed by atoms with van der Waals surface area (Å²) in [5, 5.41) is 34.9. The molecule has 1 amide bonds. The number of likely N-dealkylation sites (tertiary alicyclic amines) is 1. The second-order valence-electron chi connectivity index (χ2n) is 7.88. The lowest BCUT2D eigenvalue weighted by Crippen LogP contribution is -2.45. The summed E-state index contributed by atoms with van der Waals surface area (Å²) in [4.78, 5) is 29.7. The van der Waals surface area contributed by atoms with Gasteiger partial charge in [-0.25, -0.2) is 0 Å². The van der Waals surface area contributed by atoms with Crippen LogP contribution in [-0.2, 0) is 11.3 Å².